The number of rotatable bonds is 4. The Labute approximate surface area is 100 Å². The van der Waals surface area contributed by atoms with Gasteiger partial charge in [0.25, 0.3) is 0 Å². The summed E-state index contributed by atoms with van der Waals surface area (Å²) in [6.45, 7) is 14.3. The summed E-state index contributed by atoms with van der Waals surface area (Å²) in [6, 6.07) is 4.53. The molecule has 1 nitrogen and oxygen atoms in total. The summed E-state index contributed by atoms with van der Waals surface area (Å²) in [5.41, 5.74) is 5.83. The molecule has 1 aromatic carbocycles. The second-order valence-electron chi connectivity index (χ2n) is 5.47. The Morgan fingerprint density at radius 3 is 2.00 bits per heavy atom. The number of benzene rings is 1. The van der Waals surface area contributed by atoms with Crippen molar-refractivity contribution in [3.8, 4) is 0 Å². The molecule has 0 saturated carbocycles. The minimum absolute atomic E-state index is 0.226. The van der Waals surface area contributed by atoms with Gasteiger partial charge in [0.15, 0.2) is 0 Å². The zero-order valence-corrected chi connectivity index (χ0v) is 11.6. The van der Waals surface area contributed by atoms with Crippen molar-refractivity contribution in [2.75, 3.05) is 0 Å². The maximum absolute atomic E-state index is 3.63. The minimum atomic E-state index is 0.226. The van der Waals surface area contributed by atoms with E-state index in [1.54, 1.807) is 0 Å². The lowest BCUT2D eigenvalue weighted by molar-refractivity contribution is 0.374. The first-order valence-electron chi connectivity index (χ1n) is 6.17. The topological polar surface area (TPSA) is 12.0 Å². The minimum Gasteiger partial charge on any atom is -0.308 e. The van der Waals surface area contributed by atoms with E-state index >= 15 is 0 Å². The van der Waals surface area contributed by atoms with Crippen LogP contribution in [0.3, 0.4) is 0 Å². The van der Waals surface area contributed by atoms with Crippen molar-refractivity contribution >= 4 is 0 Å². The van der Waals surface area contributed by atoms with E-state index < -0.39 is 0 Å². The molecule has 90 valence electrons. The summed E-state index contributed by atoms with van der Waals surface area (Å²) in [7, 11) is 0. The molecule has 0 atom stereocenters. The summed E-state index contributed by atoms with van der Waals surface area (Å²) in [6.07, 6.45) is 1.15. The van der Waals surface area contributed by atoms with E-state index in [1.807, 2.05) is 0 Å². The highest BCUT2D eigenvalue weighted by Crippen LogP contribution is 2.17. The van der Waals surface area contributed by atoms with Gasteiger partial charge >= 0.3 is 0 Å². The van der Waals surface area contributed by atoms with E-state index in [1.165, 1.54) is 22.3 Å². The normalized spacial score (nSPS) is 11.9. The molecule has 0 fully saturated rings. The highest BCUT2D eigenvalue weighted by molar-refractivity contribution is 5.37. The van der Waals surface area contributed by atoms with Crippen LogP contribution in [-0.4, -0.2) is 5.54 Å². The Morgan fingerprint density at radius 1 is 1.06 bits per heavy atom. The van der Waals surface area contributed by atoms with Gasteiger partial charge in [-0.05, 0) is 57.7 Å². The Bertz CT molecular complexity index is 341. The molecule has 0 saturated heterocycles. The predicted octanol–water partition coefficient (Wildman–Crippen LogP) is 3.89. The Balaban J connectivity index is 2.82. The van der Waals surface area contributed by atoms with Gasteiger partial charge in [-0.2, -0.15) is 0 Å². The van der Waals surface area contributed by atoms with Gasteiger partial charge < -0.3 is 5.32 Å². The van der Waals surface area contributed by atoms with Crippen molar-refractivity contribution in [3.63, 3.8) is 0 Å². The molecular formula is C15H25N. The molecular weight excluding hydrogens is 194 g/mol. The van der Waals surface area contributed by atoms with Gasteiger partial charge in [-0.3, -0.25) is 0 Å². The molecule has 0 radical (unpaired) electrons. The lowest BCUT2D eigenvalue weighted by atomic mass is 9.97. The average Bonchev–Trinajstić information content (AvgIpc) is 2.16. The molecule has 1 aromatic rings. The third-order valence-electron chi connectivity index (χ3n) is 3.47. The molecule has 0 aromatic heterocycles. The van der Waals surface area contributed by atoms with Crippen molar-refractivity contribution in [2.45, 2.75) is 60.0 Å². The molecule has 0 bridgehead atoms. The summed E-state index contributed by atoms with van der Waals surface area (Å²) in [5.74, 6) is 0. The summed E-state index contributed by atoms with van der Waals surface area (Å²) in [4.78, 5) is 0. The quantitative estimate of drug-likeness (QED) is 0.810. The molecule has 1 N–H and O–H groups in total. The molecule has 0 aliphatic heterocycles. The van der Waals surface area contributed by atoms with Crippen LogP contribution >= 0.6 is 0 Å². The summed E-state index contributed by atoms with van der Waals surface area (Å²) in [5, 5.41) is 3.63. The molecule has 1 heteroatoms. The van der Waals surface area contributed by atoms with Gasteiger partial charge in [0.1, 0.15) is 0 Å². The van der Waals surface area contributed by atoms with Crippen molar-refractivity contribution in [2.24, 2.45) is 0 Å². The maximum Gasteiger partial charge on any atom is 0.0215 e. The fourth-order valence-corrected chi connectivity index (χ4v) is 1.94. The van der Waals surface area contributed by atoms with E-state index in [0.717, 1.165) is 13.0 Å². The van der Waals surface area contributed by atoms with Crippen LogP contribution in [0.25, 0.3) is 0 Å². The van der Waals surface area contributed by atoms with Gasteiger partial charge in [-0.25, -0.2) is 0 Å². The SMILES string of the molecule is CCC(C)(C)NCc1c(C)cc(C)cc1C. The predicted molar refractivity (Wildman–Crippen MR) is 71.9 cm³/mol. The molecule has 0 heterocycles. The smallest absolute Gasteiger partial charge is 0.0215 e. The van der Waals surface area contributed by atoms with Crippen molar-refractivity contribution in [1.29, 1.82) is 0 Å². The van der Waals surface area contributed by atoms with Crippen LogP contribution in [0.15, 0.2) is 12.1 Å². The Hall–Kier alpha value is -0.820. The molecule has 1 rings (SSSR count). The molecule has 16 heavy (non-hydrogen) atoms. The average molecular weight is 219 g/mol. The van der Waals surface area contributed by atoms with Crippen LogP contribution in [0.5, 0.6) is 0 Å². The lowest BCUT2D eigenvalue weighted by Crippen LogP contribution is -2.38. The second-order valence-corrected chi connectivity index (χ2v) is 5.47. The van der Waals surface area contributed by atoms with Gasteiger partial charge in [0, 0.05) is 12.1 Å². The number of aryl methyl sites for hydroxylation is 3. The Kier molecular flexibility index (Phi) is 4.15. The third-order valence-corrected chi connectivity index (χ3v) is 3.47. The van der Waals surface area contributed by atoms with Crippen LogP contribution in [0.4, 0.5) is 0 Å². The lowest BCUT2D eigenvalue weighted by Gasteiger charge is -2.25. The van der Waals surface area contributed by atoms with Crippen molar-refractivity contribution in [3.05, 3.63) is 34.4 Å². The monoisotopic (exact) mass is 219 g/mol. The standard InChI is InChI=1S/C15H25N/c1-7-15(5,6)16-10-14-12(3)8-11(2)9-13(14)4/h8-9,16H,7,10H2,1-6H3. The molecule has 0 spiro atoms. The summed E-state index contributed by atoms with van der Waals surface area (Å²) < 4.78 is 0. The first kappa shape index (κ1) is 13.2. The Morgan fingerprint density at radius 2 is 1.56 bits per heavy atom. The van der Waals surface area contributed by atoms with Crippen LogP contribution in [-0.2, 0) is 6.54 Å². The first-order valence-corrected chi connectivity index (χ1v) is 6.17. The molecule has 0 aliphatic rings. The number of hydrogen-bond donors (Lipinski definition) is 1. The zero-order chi connectivity index (χ0) is 12.3. The zero-order valence-electron chi connectivity index (χ0n) is 11.6. The maximum atomic E-state index is 3.63. The summed E-state index contributed by atoms with van der Waals surface area (Å²) >= 11 is 0. The third kappa shape index (κ3) is 3.34. The van der Waals surface area contributed by atoms with Gasteiger partial charge in [-0.15, -0.1) is 0 Å². The van der Waals surface area contributed by atoms with E-state index in [4.69, 9.17) is 0 Å². The fourth-order valence-electron chi connectivity index (χ4n) is 1.94. The highest BCUT2D eigenvalue weighted by Gasteiger charge is 2.14. The van der Waals surface area contributed by atoms with E-state index in [2.05, 4.69) is 59.0 Å². The van der Waals surface area contributed by atoms with Gasteiger partial charge in [-0.1, -0.05) is 24.6 Å². The van der Waals surface area contributed by atoms with E-state index in [0.29, 0.717) is 0 Å². The van der Waals surface area contributed by atoms with Gasteiger partial charge in [0.2, 0.25) is 0 Å². The molecule has 0 unspecified atom stereocenters. The number of nitrogens with one attached hydrogen (secondary N) is 1. The van der Waals surface area contributed by atoms with Crippen LogP contribution in [0.2, 0.25) is 0 Å². The number of hydrogen-bond acceptors (Lipinski definition) is 1. The fraction of sp³-hybridized carbons (Fsp3) is 0.600. The second kappa shape index (κ2) is 5.01. The molecule has 0 aliphatic carbocycles. The van der Waals surface area contributed by atoms with Crippen LogP contribution in [0.1, 0.15) is 49.4 Å². The first-order chi connectivity index (χ1) is 7.35. The van der Waals surface area contributed by atoms with E-state index in [-0.39, 0.29) is 5.54 Å². The van der Waals surface area contributed by atoms with Crippen molar-refractivity contribution < 1.29 is 0 Å². The van der Waals surface area contributed by atoms with Crippen LogP contribution < -0.4 is 5.32 Å². The highest BCUT2D eigenvalue weighted by atomic mass is 14.9. The van der Waals surface area contributed by atoms with Crippen molar-refractivity contribution in [1.82, 2.24) is 5.32 Å². The van der Waals surface area contributed by atoms with E-state index in [9.17, 15) is 0 Å². The van der Waals surface area contributed by atoms with Gasteiger partial charge in [0.05, 0.1) is 0 Å². The molecule has 0 amide bonds. The largest absolute Gasteiger partial charge is 0.308 e. The van der Waals surface area contributed by atoms with Crippen LogP contribution in [0, 0.1) is 20.8 Å².